The van der Waals surface area contributed by atoms with Gasteiger partial charge in [0.05, 0.1) is 22.0 Å². The van der Waals surface area contributed by atoms with Crippen LogP contribution in [0.1, 0.15) is 36.7 Å². The Kier molecular flexibility index (Phi) is 7.42. The maximum atomic E-state index is 13.3. The minimum Gasteiger partial charge on any atom is -0.481 e. The molecule has 0 atom stereocenters. The van der Waals surface area contributed by atoms with Crippen molar-refractivity contribution in [2.24, 2.45) is 5.10 Å². The van der Waals surface area contributed by atoms with Crippen LogP contribution in [0.3, 0.4) is 0 Å². The van der Waals surface area contributed by atoms with Crippen LogP contribution in [0.4, 0.5) is 5.69 Å². The second-order valence-corrected chi connectivity index (χ2v) is 9.85. The Morgan fingerprint density at radius 1 is 1.11 bits per heavy atom. The zero-order valence-electron chi connectivity index (χ0n) is 18.8. The lowest BCUT2D eigenvalue weighted by molar-refractivity contribution is -0.385. The number of nitrogens with zero attached hydrogens (tertiary/aromatic N) is 4. The van der Waals surface area contributed by atoms with E-state index in [1.54, 1.807) is 24.3 Å². The fourth-order valence-electron chi connectivity index (χ4n) is 3.45. The fraction of sp³-hybridized carbons (Fsp3) is 0.160. The number of nitro groups is 1. The summed E-state index contributed by atoms with van der Waals surface area (Å²) in [6.07, 6.45) is 1.39. The lowest BCUT2D eigenvalue weighted by Crippen LogP contribution is -2.23. The molecular formula is C25H20Br2N4O4. The summed E-state index contributed by atoms with van der Waals surface area (Å²) in [7, 11) is 0. The maximum Gasteiger partial charge on any atom is 0.311 e. The largest absolute Gasteiger partial charge is 0.481 e. The van der Waals surface area contributed by atoms with Crippen LogP contribution in [-0.2, 0) is 6.61 Å². The van der Waals surface area contributed by atoms with Gasteiger partial charge in [0, 0.05) is 26.5 Å². The minimum atomic E-state index is -0.505. The van der Waals surface area contributed by atoms with Gasteiger partial charge >= 0.3 is 5.69 Å². The second-order valence-electron chi connectivity index (χ2n) is 8.02. The highest BCUT2D eigenvalue weighted by atomic mass is 79.9. The lowest BCUT2D eigenvalue weighted by Gasteiger charge is -2.13. The number of halogens is 2. The van der Waals surface area contributed by atoms with Crippen LogP contribution < -0.4 is 10.3 Å². The van der Waals surface area contributed by atoms with Gasteiger partial charge in [0.1, 0.15) is 12.4 Å². The third kappa shape index (κ3) is 5.49. The molecule has 4 rings (SSSR count). The van der Waals surface area contributed by atoms with Gasteiger partial charge in [-0.1, -0.05) is 63.9 Å². The lowest BCUT2D eigenvalue weighted by atomic mass is 10.1. The van der Waals surface area contributed by atoms with Gasteiger partial charge < -0.3 is 4.74 Å². The van der Waals surface area contributed by atoms with E-state index < -0.39 is 4.92 Å². The van der Waals surface area contributed by atoms with Gasteiger partial charge in [0.15, 0.2) is 0 Å². The highest BCUT2D eigenvalue weighted by Crippen LogP contribution is 2.31. The van der Waals surface area contributed by atoms with Crippen LogP contribution in [0.15, 0.2) is 79.5 Å². The van der Waals surface area contributed by atoms with Gasteiger partial charge in [0.25, 0.3) is 5.56 Å². The smallest absolute Gasteiger partial charge is 0.311 e. The van der Waals surface area contributed by atoms with Gasteiger partial charge in [-0.3, -0.25) is 14.9 Å². The molecule has 0 aliphatic carbocycles. The van der Waals surface area contributed by atoms with Crippen molar-refractivity contribution >= 4 is 54.7 Å². The summed E-state index contributed by atoms with van der Waals surface area (Å²) in [6.45, 7) is 3.96. The number of hydrogen-bond donors (Lipinski definition) is 0. The van der Waals surface area contributed by atoms with E-state index in [1.807, 2.05) is 44.2 Å². The Bertz CT molecular complexity index is 1500. The number of benzene rings is 3. The maximum absolute atomic E-state index is 13.3. The number of fused-ring (bicyclic) bond motifs is 1. The molecule has 0 spiro atoms. The van der Waals surface area contributed by atoms with Crippen molar-refractivity contribution in [2.45, 2.75) is 26.4 Å². The monoisotopic (exact) mass is 598 g/mol. The van der Waals surface area contributed by atoms with E-state index >= 15 is 0 Å². The molecule has 0 aliphatic rings. The first-order chi connectivity index (χ1) is 16.7. The first-order valence-electron chi connectivity index (χ1n) is 10.7. The molecule has 0 unspecified atom stereocenters. The Morgan fingerprint density at radius 3 is 2.51 bits per heavy atom. The van der Waals surface area contributed by atoms with Crippen LogP contribution in [0, 0.1) is 10.1 Å². The van der Waals surface area contributed by atoms with Gasteiger partial charge in [-0.05, 0) is 42.0 Å². The van der Waals surface area contributed by atoms with E-state index in [0.29, 0.717) is 22.3 Å². The van der Waals surface area contributed by atoms with Crippen molar-refractivity contribution in [1.82, 2.24) is 9.66 Å². The Morgan fingerprint density at radius 2 is 1.83 bits per heavy atom. The zero-order chi connectivity index (χ0) is 25.1. The standard InChI is InChI=1S/C25H20Br2N4O4/c1-15(2)24-29-21-11-10-19(27)12-20(21)25(32)30(24)28-13-17-4-3-5-22(31(33)34)23(17)35-14-16-6-8-18(26)9-7-16/h3-13,15H,14H2,1-2H3. The summed E-state index contributed by atoms with van der Waals surface area (Å²) in [5, 5.41) is 16.5. The third-order valence-corrected chi connectivity index (χ3v) is 6.20. The Hall–Kier alpha value is -3.37. The molecule has 1 aromatic heterocycles. The average molecular weight is 600 g/mol. The van der Waals surface area contributed by atoms with E-state index in [0.717, 1.165) is 14.5 Å². The number of para-hydroxylation sites is 1. The van der Waals surface area contributed by atoms with Crippen LogP contribution in [0.2, 0.25) is 0 Å². The number of hydrogen-bond acceptors (Lipinski definition) is 6. The van der Waals surface area contributed by atoms with Crippen LogP contribution in [-0.4, -0.2) is 20.8 Å². The number of aromatic nitrogens is 2. The first kappa shape index (κ1) is 24.7. The molecule has 0 aliphatic heterocycles. The number of nitro benzene ring substituents is 1. The van der Waals surface area contributed by atoms with Crippen LogP contribution in [0.25, 0.3) is 10.9 Å². The predicted octanol–water partition coefficient (Wildman–Crippen LogP) is 6.41. The molecule has 178 valence electrons. The molecule has 0 saturated carbocycles. The van der Waals surface area contributed by atoms with E-state index in [-0.39, 0.29) is 29.5 Å². The molecule has 0 amide bonds. The van der Waals surface area contributed by atoms with E-state index in [2.05, 4.69) is 41.9 Å². The third-order valence-electron chi connectivity index (χ3n) is 5.18. The van der Waals surface area contributed by atoms with Gasteiger partial charge in [-0.2, -0.15) is 9.78 Å². The van der Waals surface area contributed by atoms with E-state index in [1.165, 1.54) is 17.0 Å². The quantitative estimate of drug-likeness (QED) is 0.139. The van der Waals surface area contributed by atoms with E-state index in [4.69, 9.17) is 4.74 Å². The summed E-state index contributed by atoms with van der Waals surface area (Å²) in [5.41, 5.74) is 1.26. The predicted molar refractivity (Wildman–Crippen MR) is 142 cm³/mol. The summed E-state index contributed by atoms with van der Waals surface area (Å²) >= 11 is 6.77. The molecular weight excluding hydrogens is 580 g/mol. The number of rotatable bonds is 7. The normalized spacial score (nSPS) is 11.5. The molecule has 0 N–H and O–H groups in total. The molecule has 0 saturated heterocycles. The SMILES string of the molecule is CC(C)c1nc2ccc(Br)cc2c(=O)n1N=Cc1cccc([N+](=O)[O-])c1OCc1ccc(Br)cc1. The van der Waals surface area contributed by atoms with Gasteiger partial charge in [-0.25, -0.2) is 4.98 Å². The molecule has 8 nitrogen and oxygen atoms in total. The molecule has 0 fully saturated rings. The average Bonchev–Trinajstić information content (AvgIpc) is 2.83. The summed E-state index contributed by atoms with van der Waals surface area (Å²) in [5.74, 6) is 0.453. The zero-order valence-corrected chi connectivity index (χ0v) is 22.0. The summed E-state index contributed by atoms with van der Waals surface area (Å²) < 4.78 is 8.78. The highest BCUT2D eigenvalue weighted by Gasteiger charge is 2.19. The summed E-state index contributed by atoms with van der Waals surface area (Å²) in [4.78, 5) is 29.1. The molecule has 35 heavy (non-hydrogen) atoms. The van der Waals surface area contributed by atoms with Crippen molar-refractivity contribution < 1.29 is 9.66 Å². The molecule has 3 aromatic carbocycles. The topological polar surface area (TPSA) is 99.6 Å². The highest BCUT2D eigenvalue weighted by molar-refractivity contribution is 9.10. The molecule has 1 heterocycles. The number of ether oxygens (including phenoxy) is 1. The second kappa shape index (κ2) is 10.5. The van der Waals surface area contributed by atoms with Crippen LogP contribution in [0.5, 0.6) is 5.75 Å². The van der Waals surface area contributed by atoms with Gasteiger partial charge in [0.2, 0.25) is 5.75 Å². The first-order valence-corrected chi connectivity index (χ1v) is 12.2. The van der Waals surface area contributed by atoms with Crippen molar-refractivity contribution in [2.75, 3.05) is 0 Å². The summed E-state index contributed by atoms with van der Waals surface area (Å²) in [6, 6.07) is 17.3. The molecule has 10 heteroatoms. The molecule has 0 bridgehead atoms. The molecule has 4 aromatic rings. The van der Waals surface area contributed by atoms with Crippen molar-refractivity contribution in [3.8, 4) is 5.75 Å². The van der Waals surface area contributed by atoms with Crippen molar-refractivity contribution in [3.63, 3.8) is 0 Å². The van der Waals surface area contributed by atoms with Crippen molar-refractivity contribution in [1.29, 1.82) is 0 Å². The van der Waals surface area contributed by atoms with E-state index in [9.17, 15) is 14.9 Å². The minimum absolute atomic E-state index is 0.0693. The fourth-order valence-corrected chi connectivity index (χ4v) is 4.08. The Balaban J connectivity index is 1.78. The van der Waals surface area contributed by atoms with Gasteiger partial charge in [-0.15, -0.1) is 0 Å². The Labute approximate surface area is 217 Å². The van der Waals surface area contributed by atoms with Crippen molar-refractivity contribution in [3.05, 3.63) is 107 Å². The molecule has 0 radical (unpaired) electrons. The van der Waals surface area contributed by atoms with Crippen LogP contribution >= 0.6 is 31.9 Å².